The Morgan fingerprint density at radius 1 is 1.73 bits per heavy atom. The lowest BCUT2D eigenvalue weighted by atomic mass is 10.4. The summed E-state index contributed by atoms with van der Waals surface area (Å²) in [6.07, 6.45) is 5.87. The largest absolute Gasteiger partial charge is 0.308 e. The smallest absolute Gasteiger partial charge is 0.0880 e. The van der Waals surface area contributed by atoms with Crippen molar-refractivity contribution >= 4 is 11.7 Å². The van der Waals surface area contributed by atoms with Crippen LogP contribution in [0.2, 0.25) is 0 Å². The highest BCUT2D eigenvalue weighted by molar-refractivity contribution is 6.99. The van der Waals surface area contributed by atoms with Gasteiger partial charge in [0, 0.05) is 13.1 Å². The molecule has 1 rings (SSSR count). The average Bonchev–Trinajstić information content (AvgIpc) is 2.50. The zero-order valence-electron chi connectivity index (χ0n) is 6.45. The van der Waals surface area contributed by atoms with Gasteiger partial charge in [-0.15, -0.1) is 0 Å². The number of hydrogen-bond donors (Lipinski definition) is 1. The van der Waals surface area contributed by atoms with Gasteiger partial charge in [-0.3, -0.25) is 0 Å². The first kappa shape index (κ1) is 8.36. The van der Waals surface area contributed by atoms with Gasteiger partial charge in [-0.05, 0) is 6.92 Å². The average molecular weight is 169 g/mol. The topological polar surface area (TPSA) is 37.8 Å². The minimum Gasteiger partial charge on any atom is -0.308 e. The van der Waals surface area contributed by atoms with Crippen LogP contribution in [0.1, 0.15) is 12.6 Å². The third-order valence-electron chi connectivity index (χ3n) is 1.21. The number of nitrogens with one attached hydrogen (secondary N) is 1. The SMILES string of the molecule is C/C=C/CNCc1cnsn1. The zero-order valence-corrected chi connectivity index (χ0v) is 7.27. The first-order chi connectivity index (χ1) is 5.43. The summed E-state index contributed by atoms with van der Waals surface area (Å²) < 4.78 is 7.95. The number of hydrogen-bond acceptors (Lipinski definition) is 4. The van der Waals surface area contributed by atoms with Crippen molar-refractivity contribution in [3.63, 3.8) is 0 Å². The Labute approximate surface area is 70.5 Å². The van der Waals surface area contributed by atoms with E-state index in [0.29, 0.717) is 0 Å². The summed E-state index contributed by atoms with van der Waals surface area (Å²) in [5, 5.41) is 3.21. The van der Waals surface area contributed by atoms with Crippen LogP contribution in [0.4, 0.5) is 0 Å². The van der Waals surface area contributed by atoms with Crippen LogP contribution >= 0.6 is 11.7 Å². The zero-order chi connectivity index (χ0) is 7.94. The maximum absolute atomic E-state index is 4.06. The van der Waals surface area contributed by atoms with Crippen molar-refractivity contribution in [1.29, 1.82) is 0 Å². The molecular formula is C7H11N3S. The van der Waals surface area contributed by atoms with E-state index >= 15 is 0 Å². The first-order valence-corrected chi connectivity index (χ1v) is 4.25. The fourth-order valence-corrected chi connectivity index (χ4v) is 1.10. The van der Waals surface area contributed by atoms with E-state index in [4.69, 9.17) is 0 Å². The van der Waals surface area contributed by atoms with Crippen LogP contribution < -0.4 is 5.32 Å². The van der Waals surface area contributed by atoms with Gasteiger partial charge in [0.05, 0.1) is 23.6 Å². The normalized spacial score (nSPS) is 11.0. The minimum absolute atomic E-state index is 0.806. The molecule has 0 amide bonds. The van der Waals surface area contributed by atoms with E-state index in [2.05, 4.69) is 20.1 Å². The molecule has 0 aromatic carbocycles. The maximum atomic E-state index is 4.06. The van der Waals surface area contributed by atoms with Crippen LogP contribution in [0.25, 0.3) is 0 Å². The summed E-state index contributed by atoms with van der Waals surface area (Å²) in [6, 6.07) is 0. The lowest BCUT2D eigenvalue weighted by Crippen LogP contribution is -2.12. The van der Waals surface area contributed by atoms with Crippen molar-refractivity contribution in [1.82, 2.24) is 14.1 Å². The van der Waals surface area contributed by atoms with Gasteiger partial charge in [-0.2, -0.15) is 8.75 Å². The van der Waals surface area contributed by atoms with Crippen LogP contribution in [0, 0.1) is 0 Å². The first-order valence-electron chi connectivity index (χ1n) is 3.52. The molecule has 0 saturated heterocycles. The fraction of sp³-hybridized carbons (Fsp3) is 0.429. The number of allylic oxidation sites excluding steroid dienone is 1. The summed E-state index contributed by atoms with van der Waals surface area (Å²) in [4.78, 5) is 0. The van der Waals surface area contributed by atoms with Crippen molar-refractivity contribution in [3.05, 3.63) is 24.0 Å². The van der Waals surface area contributed by atoms with Gasteiger partial charge < -0.3 is 5.32 Å². The number of rotatable bonds is 4. The minimum atomic E-state index is 0.806. The Hall–Kier alpha value is -0.740. The second-order valence-corrected chi connectivity index (χ2v) is 2.66. The highest BCUT2D eigenvalue weighted by Gasteiger charge is 1.91. The molecule has 0 unspecified atom stereocenters. The van der Waals surface area contributed by atoms with Crippen molar-refractivity contribution in [3.8, 4) is 0 Å². The number of aromatic nitrogens is 2. The molecule has 0 fully saturated rings. The summed E-state index contributed by atoms with van der Waals surface area (Å²) in [5.74, 6) is 0. The monoisotopic (exact) mass is 169 g/mol. The molecule has 0 spiro atoms. The molecule has 4 heteroatoms. The van der Waals surface area contributed by atoms with Crippen LogP contribution in [0.15, 0.2) is 18.3 Å². The molecular weight excluding hydrogens is 158 g/mol. The Kier molecular flexibility index (Phi) is 3.79. The van der Waals surface area contributed by atoms with Crippen molar-refractivity contribution in [2.24, 2.45) is 0 Å². The molecule has 0 bridgehead atoms. The quantitative estimate of drug-likeness (QED) is 0.543. The van der Waals surface area contributed by atoms with Crippen LogP contribution in [0.5, 0.6) is 0 Å². The molecule has 0 saturated carbocycles. The van der Waals surface area contributed by atoms with E-state index in [9.17, 15) is 0 Å². The third kappa shape index (κ3) is 3.25. The predicted octanol–water partition coefficient (Wildman–Crippen LogP) is 1.20. The molecule has 1 aromatic rings. The fourth-order valence-electron chi connectivity index (χ4n) is 0.663. The Bertz CT molecular complexity index is 205. The standard InChI is InChI=1S/C7H11N3S/c1-2-3-4-8-5-7-6-9-11-10-7/h2-3,6,8H,4-5H2,1H3/b3-2+. The van der Waals surface area contributed by atoms with Crippen molar-refractivity contribution < 1.29 is 0 Å². The molecule has 0 aliphatic heterocycles. The molecule has 11 heavy (non-hydrogen) atoms. The molecule has 0 aliphatic carbocycles. The molecule has 0 aliphatic rings. The van der Waals surface area contributed by atoms with E-state index < -0.39 is 0 Å². The summed E-state index contributed by atoms with van der Waals surface area (Å²) in [6.45, 7) is 3.71. The van der Waals surface area contributed by atoms with Gasteiger partial charge in [-0.1, -0.05) is 12.2 Å². The van der Waals surface area contributed by atoms with Crippen LogP contribution in [0.3, 0.4) is 0 Å². The van der Waals surface area contributed by atoms with E-state index in [1.54, 1.807) is 6.20 Å². The molecule has 3 nitrogen and oxygen atoms in total. The molecule has 0 atom stereocenters. The van der Waals surface area contributed by atoms with Gasteiger partial charge >= 0.3 is 0 Å². The Balaban J connectivity index is 2.14. The van der Waals surface area contributed by atoms with Gasteiger partial charge in [0.2, 0.25) is 0 Å². The second-order valence-electron chi connectivity index (χ2n) is 2.10. The third-order valence-corrected chi connectivity index (χ3v) is 1.73. The summed E-state index contributed by atoms with van der Waals surface area (Å²) >= 11 is 1.25. The van der Waals surface area contributed by atoms with E-state index in [1.807, 2.05) is 13.0 Å². The Morgan fingerprint density at radius 3 is 3.27 bits per heavy atom. The van der Waals surface area contributed by atoms with Crippen LogP contribution in [-0.2, 0) is 6.54 Å². The molecule has 1 aromatic heterocycles. The lowest BCUT2D eigenvalue weighted by molar-refractivity contribution is 0.746. The maximum Gasteiger partial charge on any atom is 0.0880 e. The molecule has 1 N–H and O–H groups in total. The summed E-state index contributed by atoms with van der Waals surface area (Å²) in [7, 11) is 0. The van der Waals surface area contributed by atoms with E-state index in [-0.39, 0.29) is 0 Å². The van der Waals surface area contributed by atoms with E-state index in [0.717, 1.165) is 18.8 Å². The molecule has 0 radical (unpaired) electrons. The number of nitrogens with zero attached hydrogens (tertiary/aromatic N) is 2. The van der Waals surface area contributed by atoms with Crippen molar-refractivity contribution in [2.45, 2.75) is 13.5 Å². The molecule has 1 heterocycles. The van der Waals surface area contributed by atoms with E-state index in [1.165, 1.54) is 11.7 Å². The molecule has 60 valence electrons. The van der Waals surface area contributed by atoms with Crippen molar-refractivity contribution in [2.75, 3.05) is 6.54 Å². The van der Waals surface area contributed by atoms with Gasteiger partial charge in [-0.25, -0.2) is 0 Å². The Morgan fingerprint density at radius 2 is 2.64 bits per heavy atom. The van der Waals surface area contributed by atoms with Gasteiger partial charge in [0.1, 0.15) is 0 Å². The lowest BCUT2D eigenvalue weighted by Gasteiger charge is -1.94. The van der Waals surface area contributed by atoms with Gasteiger partial charge in [0.25, 0.3) is 0 Å². The van der Waals surface area contributed by atoms with Gasteiger partial charge in [0.15, 0.2) is 0 Å². The highest BCUT2D eigenvalue weighted by atomic mass is 32.1. The second kappa shape index (κ2) is 4.98. The predicted molar refractivity (Wildman–Crippen MR) is 46.4 cm³/mol. The highest BCUT2D eigenvalue weighted by Crippen LogP contribution is 1.92. The summed E-state index contributed by atoms with van der Waals surface area (Å²) in [5.41, 5.74) is 1.01. The van der Waals surface area contributed by atoms with Crippen LogP contribution in [-0.4, -0.2) is 15.3 Å².